The lowest BCUT2D eigenvalue weighted by Gasteiger charge is -2.11. The van der Waals surface area contributed by atoms with Gasteiger partial charge < -0.3 is 31.5 Å². The van der Waals surface area contributed by atoms with Crippen molar-refractivity contribution in [2.24, 2.45) is 5.73 Å². The minimum Gasteiger partial charge on any atom is -0.473 e. The molecule has 0 fully saturated rings. The second-order valence-corrected chi connectivity index (χ2v) is 9.11. The predicted molar refractivity (Wildman–Crippen MR) is 148 cm³/mol. The number of aryl methyl sites for hydroxylation is 1. The topological polar surface area (TPSA) is 218 Å². The van der Waals surface area contributed by atoms with Crippen LogP contribution >= 0.6 is 11.8 Å². The summed E-state index contributed by atoms with van der Waals surface area (Å²) in [6, 6.07) is 19.0. The summed E-state index contributed by atoms with van der Waals surface area (Å²) in [6.07, 6.45) is 2.88. The second-order valence-electron chi connectivity index (χ2n) is 8.05. The van der Waals surface area contributed by atoms with Crippen molar-refractivity contribution in [2.45, 2.75) is 31.3 Å². The molecule has 1 aromatic heterocycles. The van der Waals surface area contributed by atoms with E-state index in [0.717, 1.165) is 61.3 Å². The van der Waals surface area contributed by atoms with Gasteiger partial charge in [-0.25, -0.2) is 19.2 Å². The molecule has 14 heteroatoms. The number of carboxylic acid groups (broad SMARTS) is 4. The summed E-state index contributed by atoms with van der Waals surface area (Å²) in [6.45, 7) is 4.85. The van der Waals surface area contributed by atoms with Gasteiger partial charge in [0, 0.05) is 17.9 Å². The Hall–Kier alpha value is -4.27. The number of nitrogens with one attached hydrogen (secondary N) is 1. The first kappa shape index (κ1) is 33.8. The van der Waals surface area contributed by atoms with Gasteiger partial charge in [-0.2, -0.15) is 0 Å². The first-order valence-electron chi connectivity index (χ1n) is 12.1. The fourth-order valence-corrected chi connectivity index (χ4v) is 3.94. The van der Waals surface area contributed by atoms with Gasteiger partial charge in [0.25, 0.3) is 0 Å². The number of rotatable bonds is 11. The van der Waals surface area contributed by atoms with Crippen LogP contribution in [0, 0.1) is 6.92 Å². The highest BCUT2D eigenvalue weighted by Crippen LogP contribution is 2.24. The Balaban J connectivity index is 0.000000559. The van der Waals surface area contributed by atoms with Gasteiger partial charge in [-0.15, -0.1) is 10.2 Å². The Labute approximate surface area is 235 Å². The van der Waals surface area contributed by atoms with Crippen molar-refractivity contribution in [1.29, 1.82) is 0 Å². The maximum Gasteiger partial charge on any atom is 0.414 e. The molecule has 0 amide bonds. The first-order chi connectivity index (χ1) is 19.1. The van der Waals surface area contributed by atoms with E-state index in [1.54, 1.807) is 11.8 Å². The second kappa shape index (κ2) is 18.9. The summed E-state index contributed by atoms with van der Waals surface area (Å²) in [5.74, 6) is -5.32. The van der Waals surface area contributed by atoms with Crippen LogP contribution in [0.4, 0.5) is 0 Å². The van der Waals surface area contributed by atoms with Crippen LogP contribution in [0.1, 0.15) is 29.8 Å². The molecule has 2 aromatic carbocycles. The van der Waals surface area contributed by atoms with Crippen molar-refractivity contribution >= 4 is 35.6 Å². The van der Waals surface area contributed by atoms with E-state index < -0.39 is 23.9 Å². The molecule has 0 bridgehead atoms. The van der Waals surface area contributed by atoms with E-state index in [4.69, 9.17) is 45.3 Å². The number of benzene rings is 2. The van der Waals surface area contributed by atoms with Crippen molar-refractivity contribution in [3.8, 4) is 5.69 Å². The Bertz CT molecular complexity index is 1190. The molecule has 0 unspecified atom stereocenters. The van der Waals surface area contributed by atoms with Gasteiger partial charge in [0.1, 0.15) is 5.82 Å². The number of thioether (sulfide) groups is 1. The Kier molecular flexibility index (Phi) is 15.9. The molecule has 0 aliphatic rings. The minimum absolute atomic E-state index is 0.742. The fraction of sp³-hybridized carbons (Fsp3) is 0.308. The van der Waals surface area contributed by atoms with E-state index in [-0.39, 0.29) is 0 Å². The minimum atomic E-state index is -1.82. The first-order valence-corrected chi connectivity index (χ1v) is 13.1. The van der Waals surface area contributed by atoms with E-state index in [1.165, 1.54) is 11.1 Å². The Morgan fingerprint density at radius 2 is 1.45 bits per heavy atom. The smallest absolute Gasteiger partial charge is 0.414 e. The van der Waals surface area contributed by atoms with Crippen LogP contribution in [0.25, 0.3) is 5.69 Å². The molecule has 7 N–H and O–H groups in total. The van der Waals surface area contributed by atoms with Crippen molar-refractivity contribution in [3.63, 3.8) is 0 Å². The monoisotopic (exact) mass is 575 g/mol. The molecule has 1 heterocycles. The summed E-state index contributed by atoms with van der Waals surface area (Å²) in [7, 11) is 0. The molecule has 3 rings (SSSR count). The SMILES string of the molecule is Cc1cccc(-n2c(Cc3ccccc3)nnc2SCCCNCCCN)c1.O=C(O)C(=O)O.O=C(O)C(=O)O. The van der Waals surface area contributed by atoms with Gasteiger partial charge in [-0.1, -0.05) is 54.2 Å². The quantitative estimate of drug-likeness (QED) is 0.109. The summed E-state index contributed by atoms with van der Waals surface area (Å²) < 4.78 is 2.20. The zero-order valence-electron chi connectivity index (χ0n) is 21.9. The van der Waals surface area contributed by atoms with Crippen LogP contribution in [0.2, 0.25) is 0 Å². The lowest BCUT2D eigenvalue weighted by Crippen LogP contribution is -2.19. The number of carbonyl (C=O) groups is 4. The molecular weight excluding hydrogens is 542 g/mol. The summed E-state index contributed by atoms with van der Waals surface area (Å²) >= 11 is 1.77. The molecule has 0 aliphatic carbocycles. The Morgan fingerprint density at radius 1 is 0.850 bits per heavy atom. The number of nitrogens with zero attached hydrogens (tertiary/aromatic N) is 3. The van der Waals surface area contributed by atoms with Gasteiger partial charge in [0.05, 0.1) is 0 Å². The van der Waals surface area contributed by atoms with E-state index in [1.807, 2.05) is 6.07 Å². The molecule has 0 atom stereocenters. The molecule has 0 aliphatic heterocycles. The average Bonchev–Trinajstić information content (AvgIpc) is 3.31. The van der Waals surface area contributed by atoms with Crippen molar-refractivity contribution < 1.29 is 39.6 Å². The normalized spacial score (nSPS) is 9.95. The fourth-order valence-electron chi connectivity index (χ4n) is 3.03. The van der Waals surface area contributed by atoms with Crippen LogP contribution < -0.4 is 11.1 Å². The standard InChI is InChI=1S/C22H29N5S.2C2H2O4/c1-18-8-5-11-20(16-18)27-21(17-19-9-3-2-4-10-19)25-26-22(27)28-15-7-14-24-13-6-12-23;2*3-1(4)2(5)6/h2-5,8-11,16,24H,6-7,12-15,17,23H2,1H3;2*(H,3,4)(H,5,6). The third-order valence-corrected chi connectivity index (χ3v) is 5.83. The average molecular weight is 576 g/mol. The summed E-state index contributed by atoms with van der Waals surface area (Å²) in [5, 5.41) is 43.0. The van der Waals surface area contributed by atoms with Crippen molar-refractivity contribution in [3.05, 3.63) is 71.5 Å². The lowest BCUT2D eigenvalue weighted by molar-refractivity contribution is -0.159. The molecule has 0 radical (unpaired) electrons. The third kappa shape index (κ3) is 13.5. The van der Waals surface area contributed by atoms with E-state index in [2.05, 4.69) is 75.5 Å². The molecule has 0 saturated carbocycles. The zero-order chi connectivity index (χ0) is 29.9. The molecule has 3 aromatic rings. The molecule has 13 nitrogen and oxygen atoms in total. The van der Waals surface area contributed by atoms with E-state index >= 15 is 0 Å². The largest absolute Gasteiger partial charge is 0.473 e. The molecular formula is C26H33N5O8S. The molecule has 0 spiro atoms. The number of hydrogen-bond donors (Lipinski definition) is 6. The maximum atomic E-state index is 9.10. The molecule has 216 valence electrons. The molecule has 0 saturated heterocycles. The van der Waals surface area contributed by atoms with Crippen LogP contribution in [0.3, 0.4) is 0 Å². The number of hydrogen-bond acceptors (Lipinski definition) is 9. The van der Waals surface area contributed by atoms with Crippen molar-refractivity contribution in [2.75, 3.05) is 25.4 Å². The highest BCUT2D eigenvalue weighted by Gasteiger charge is 2.15. The lowest BCUT2D eigenvalue weighted by atomic mass is 10.1. The van der Waals surface area contributed by atoms with E-state index in [0.29, 0.717) is 0 Å². The van der Waals surface area contributed by atoms with Gasteiger partial charge in [-0.05, 0) is 62.7 Å². The third-order valence-electron chi connectivity index (χ3n) is 4.82. The predicted octanol–water partition coefficient (Wildman–Crippen LogP) is 1.90. The Morgan fingerprint density at radius 3 is 2.00 bits per heavy atom. The van der Waals surface area contributed by atoms with E-state index in [9.17, 15) is 0 Å². The van der Waals surface area contributed by atoms with Crippen LogP contribution in [0.15, 0.2) is 59.8 Å². The highest BCUT2D eigenvalue weighted by molar-refractivity contribution is 7.99. The van der Waals surface area contributed by atoms with Gasteiger partial charge >= 0.3 is 23.9 Å². The van der Waals surface area contributed by atoms with Gasteiger partial charge in [-0.3, -0.25) is 4.57 Å². The van der Waals surface area contributed by atoms with Gasteiger partial charge in [0.15, 0.2) is 5.16 Å². The van der Waals surface area contributed by atoms with Crippen LogP contribution in [-0.4, -0.2) is 84.5 Å². The summed E-state index contributed by atoms with van der Waals surface area (Å²) in [5.41, 5.74) is 9.12. The number of aliphatic carboxylic acids is 4. The summed E-state index contributed by atoms with van der Waals surface area (Å²) in [4.78, 5) is 36.4. The molecule has 40 heavy (non-hydrogen) atoms. The maximum absolute atomic E-state index is 9.10. The van der Waals surface area contributed by atoms with Crippen LogP contribution in [-0.2, 0) is 25.6 Å². The number of carboxylic acids is 4. The highest BCUT2D eigenvalue weighted by atomic mass is 32.2. The number of aromatic nitrogens is 3. The zero-order valence-corrected chi connectivity index (χ0v) is 22.7. The van der Waals surface area contributed by atoms with Crippen LogP contribution in [0.5, 0.6) is 0 Å². The number of nitrogens with two attached hydrogens (primary N) is 1. The van der Waals surface area contributed by atoms with Crippen molar-refractivity contribution in [1.82, 2.24) is 20.1 Å². The van der Waals surface area contributed by atoms with Gasteiger partial charge in [0.2, 0.25) is 0 Å².